The molecular formula is C7H14O7S. The van der Waals surface area contributed by atoms with Gasteiger partial charge in [-0.05, 0) is 12.8 Å². The lowest BCUT2D eigenvalue weighted by molar-refractivity contribution is -0.208. The molecule has 0 fully saturated rings. The van der Waals surface area contributed by atoms with Gasteiger partial charge in [0.25, 0.3) is 0 Å². The van der Waals surface area contributed by atoms with Crippen LogP contribution in [0.15, 0.2) is 0 Å². The van der Waals surface area contributed by atoms with Crippen molar-refractivity contribution in [1.29, 1.82) is 0 Å². The Balaban J connectivity index is 3.96. The second-order valence-corrected chi connectivity index (χ2v) is 4.47. The molecule has 90 valence electrons. The van der Waals surface area contributed by atoms with Crippen LogP contribution in [0.4, 0.5) is 0 Å². The third-order valence-electron chi connectivity index (χ3n) is 1.35. The zero-order valence-electron chi connectivity index (χ0n) is 8.25. The number of aliphatic hydroxyl groups is 2. The molecular weight excluding hydrogens is 228 g/mol. The summed E-state index contributed by atoms with van der Waals surface area (Å²) in [5.41, 5.74) is 0. The molecule has 7 nitrogen and oxygen atoms in total. The third kappa shape index (κ3) is 8.30. The summed E-state index contributed by atoms with van der Waals surface area (Å²) in [6.07, 6.45) is -0.749. The van der Waals surface area contributed by atoms with Crippen molar-refractivity contribution < 1.29 is 32.6 Å². The fourth-order valence-electron chi connectivity index (χ4n) is 0.773. The lowest BCUT2D eigenvalue weighted by atomic mass is 10.2. The van der Waals surface area contributed by atoms with E-state index in [-0.39, 0.29) is 19.4 Å². The van der Waals surface area contributed by atoms with Gasteiger partial charge in [-0.1, -0.05) is 4.33 Å². The molecule has 0 aliphatic heterocycles. The highest BCUT2D eigenvalue weighted by molar-refractivity contribution is 7.86. The van der Waals surface area contributed by atoms with E-state index in [0.29, 0.717) is 0 Å². The summed E-state index contributed by atoms with van der Waals surface area (Å²) in [7, 11) is -4.08. The lowest BCUT2D eigenvalue weighted by Gasteiger charge is -2.08. The van der Waals surface area contributed by atoms with Gasteiger partial charge in [-0.3, -0.25) is 4.89 Å². The predicted octanol–water partition coefficient (Wildman–Crippen LogP) is -1.06. The van der Waals surface area contributed by atoms with Crippen molar-refractivity contribution in [3.05, 3.63) is 0 Å². The average molecular weight is 242 g/mol. The highest BCUT2D eigenvalue weighted by Gasteiger charge is 2.20. The van der Waals surface area contributed by atoms with Gasteiger partial charge in [0.2, 0.25) is 0 Å². The van der Waals surface area contributed by atoms with Crippen molar-refractivity contribution in [2.24, 2.45) is 0 Å². The molecule has 0 saturated carbocycles. The number of hydrogen-bond acceptors (Lipinski definition) is 7. The topological polar surface area (TPSA) is 110 Å². The minimum atomic E-state index is -4.08. The van der Waals surface area contributed by atoms with Crippen molar-refractivity contribution in [3.8, 4) is 0 Å². The van der Waals surface area contributed by atoms with Gasteiger partial charge in [0.15, 0.2) is 0 Å². The van der Waals surface area contributed by atoms with E-state index >= 15 is 0 Å². The maximum atomic E-state index is 11.0. The van der Waals surface area contributed by atoms with Crippen molar-refractivity contribution in [2.45, 2.75) is 25.9 Å². The van der Waals surface area contributed by atoms with Crippen LogP contribution in [0.5, 0.6) is 0 Å². The standard InChI is InChI=1S/C7H14O7S/c1-6(9)13-14-15(11,12)5-7(10)3-2-4-8/h7-8,10H,2-5H2,1H3. The van der Waals surface area contributed by atoms with Gasteiger partial charge in [-0.15, -0.1) is 0 Å². The summed E-state index contributed by atoms with van der Waals surface area (Å²) in [4.78, 5) is 14.1. The number of rotatable bonds is 7. The molecule has 8 heteroatoms. The normalized spacial score (nSPS) is 13.5. The molecule has 0 heterocycles. The van der Waals surface area contributed by atoms with Gasteiger partial charge in [0.05, 0.1) is 6.10 Å². The largest absolute Gasteiger partial charge is 0.396 e. The molecule has 0 aliphatic carbocycles. The monoisotopic (exact) mass is 242 g/mol. The highest BCUT2D eigenvalue weighted by Crippen LogP contribution is 2.03. The molecule has 0 aromatic rings. The first-order valence-electron chi connectivity index (χ1n) is 4.25. The first kappa shape index (κ1) is 14.3. The van der Waals surface area contributed by atoms with E-state index in [9.17, 15) is 18.3 Å². The molecule has 0 aromatic heterocycles. The van der Waals surface area contributed by atoms with Gasteiger partial charge >= 0.3 is 16.1 Å². The molecule has 0 spiro atoms. The van der Waals surface area contributed by atoms with Crippen LogP contribution in [0, 0.1) is 0 Å². The van der Waals surface area contributed by atoms with Crippen molar-refractivity contribution in [2.75, 3.05) is 12.4 Å². The molecule has 0 aromatic carbocycles. The average Bonchev–Trinajstić information content (AvgIpc) is 2.11. The molecule has 0 aliphatic rings. The smallest absolute Gasteiger partial charge is 0.340 e. The van der Waals surface area contributed by atoms with Gasteiger partial charge < -0.3 is 10.2 Å². The second kappa shape index (κ2) is 6.72. The van der Waals surface area contributed by atoms with E-state index in [0.717, 1.165) is 6.92 Å². The first-order chi connectivity index (χ1) is 6.87. The number of carbonyl (C=O) groups is 1. The fourth-order valence-corrected chi connectivity index (χ4v) is 1.67. The zero-order valence-corrected chi connectivity index (χ0v) is 9.07. The summed E-state index contributed by atoms with van der Waals surface area (Å²) >= 11 is 0. The van der Waals surface area contributed by atoms with Gasteiger partial charge in [-0.2, -0.15) is 8.42 Å². The van der Waals surface area contributed by atoms with Crippen molar-refractivity contribution >= 4 is 16.1 Å². The number of aliphatic hydroxyl groups excluding tert-OH is 2. The van der Waals surface area contributed by atoms with E-state index in [4.69, 9.17) is 5.11 Å². The molecule has 0 amide bonds. The Hall–Kier alpha value is -0.700. The summed E-state index contributed by atoms with van der Waals surface area (Å²) in [5, 5.41) is 17.6. The summed E-state index contributed by atoms with van der Waals surface area (Å²) in [6.45, 7) is 0.847. The first-order valence-corrected chi connectivity index (χ1v) is 5.83. The molecule has 0 saturated heterocycles. The quantitative estimate of drug-likeness (QED) is 0.432. The number of carbonyl (C=O) groups excluding carboxylic acids is 1. The number of hydrogen-bond donors (Lipinski definition) is 2. The Morgan fingerprint density at radius 2 is 2.07 bits per heavy atom. The maximum absolute atomic E-state index is 11.0. The lowest BCUT2D eigenvalue weighted by Crippen LogP contribution is -2.23. The Morgan fingerprint density at radius 1 is 1.47 bits per heavy atom. The Kier molecular flexibility index (Phi) is 6.41. The maximum Gasteiger partial charge on any atom is 0.340 e. The van der Waals surface area contributed by atoms with Crippen molar-refractivity contribution in [3.63, 3.8) is 0 Å². The van der Waals surface area contributed by atoms with Crippen LogP contribution in [0.2, 0.25) is 0 Å². The molecule has 2 N–H and O–H groups in total. The summed E-state index contributed by atoms with van der Waals surface area (Å²) in [5.74, 6) is -1.58. The van der Waals surface area contributed by atoms with Crippen LogP contribution in [0.25, 0.3) is 0 Å². The Bertz CT molecular complexity index is 284. The van der Waals surface area contributed by atoms with Crippen LogP contribution < -0.4 is 0 Å². The Labute approximate surface area is 87.7 Å². The summed E-state index contributed by atoms with van der Waals surface area (Å²) < 4.78 is 25.8. The van der Waals surface area contributed by atoms with Gasteiger partial charge in [-0.25, -0.2) is 4.79 Å². The molecule has 0 radical (unpaired) electrons. The predicted molar refractivity (Wildman–Crippen MR) is 49.0 cm³/mol. The summed E-state index contributed by atoms with van der Waals surface area (Å²) in [6, 6.07) is 0. The van der Waals surface area contributed by atoms with Crippen LogP contribution in [0.1, 0.15) is 19.8 Å². The van der Waals surface area contributed by atoms with E-state index in [2.05, 4.69) is 9.22 Å². The van der Waals surface area contributed by atoms with E-state index in [1.165, 1.54) is 0 Å². The second-order valence-electron chi connectivity index (χ2n) is 2.89. The van der Waals surface area contributed by atoms with Crippen molar-refractivity contribution in [1.82, 2.24) is 0 Å². The highest BCUT2D eigenvalue weighted by atomic mass is 32.2. The third-order valence-corrected chi connectivity index (χ3v) is 2.42. The molecule has 0 rings (SSSR count). The molecule has 1 atom stereocenters. The fraction of sp³-hybridized carbons (Fsp3) is 0.857. The molecule has 1 unspecified atom stereocenters. The van der Waals surface area contributed by atoms with Crippen LogP contribution in [-0.4, -0.2) is 43.1 Å². The zero-order chi connectivity index (χ0) is 11.9. The van der Waals surface area contributed by atoms with E-state index < -0.39 is 27.9 Å². The van der Waals surface area contributed by atoms with Crippen LogP contribution in [0.3, 0.4) is 0 Å². The minimum absolute atomic E-state index is 0.124. The minimum Gasteiger partial charge on any atom is -0.396 e. The van der Waals surface area contributed by atoms with Gasteiger partial charge in [0.1, 0.15) is 5.75 Å². The SMILES string of the molecule is CC(=O)OOS(=O)(=O)CC(O)CCCO. The molecule has 15 heavy (non-hydrogen) atoms. The van der Waals surface area contributed by atoms with Gasteiger partial charge in [0, 0.05) is 13.5 Å². The van der Waals surface area contributed by atoms with E-state index in [1.54, 1.807) is 0 Å². The van der Waals surface area contributed by atoms with Crippen LogP contribution >= 0.6 is 0 Å². The molecule has 0 bridgehead atoms. The van der Waals surface area contributed by atoms with E-state index in [1.807, 2.05) is 0 Å². The van der Waals surface area contributed by atoms with Crippen LogP contribution in [-0.2, 0) is 24.1 Å². The Morgan fingerprint density at radius 3 is 2.53 bits per heavy atom.